The molecular weight excluding hydrogens is 172 g/mol. The smallest absolute Gasteiger partial charge is 0.163 e. The van der Waals surface area contributed by atoms with E-state index in [1.807, 2.05) is 18.2 Å². The predicted octanol–water partition coefficient (Wildman–Crippen LogP) is 3.09. The molecule has 1 heteroatoms. The van der Waals surface area contributed by atoms with Crippen molar-refractivity contribution in [2.75, 3.05) is 0 Å². The highest BCUT2D eigenvalue weighted by molar-refractivity contribution is 5.98. The molecule has 74 valence electrons. The largest absolute Gasteiger partial charge is 0.294 e. The SMILES string of the molecule is CC(C)[C@H]1CC(=O)c2ccccc2C1. The van der Waals surface area contributed by atoms with Gasteiger partial charge in [0.15, 0.2) is 5.78 Å². The van der Waals surface area contributed by atoms with Crippen molar-refractivity contribution in [1.29, 1.82) is 0 Å². The molecule has 0 spiro atoms. The fourth-order valence-corrected chi connectivity index (χ4v) is 2.14. The molecular formula is C13H16O. The van der Waals surface area contributed by atoms with Gasteiger partial charge in [-0.1, -0.05) is 38.1 Å². The van der Waals surface area contributed by atoms with Gasteiger partial charge in [-0.15, -0.1) is 0 Å². The first-order chi connectivity index (χ1) is 6.68. The molecule has 0 N–H and O–H groups in total. The first-order valence-corrected chi connectivity index (χ1v) is 5.29. The minimum absolute atomic E-state index is 0.325. The number of carbonyl (C=O) groups is 1. The summed E-state index contributed by atoms with van der Waals surface area (Å²) in [4.78, 5) is 11.8. The maximum Gasteiger partial charge on any atom is 0.163 e. The second-order valence-corrected chi connectivity index (χ2v) is 4.49. The van der Waals surface area contributed by atoms with Crippen LogP contribution in [0.25, 0.3) is 0 Å². The minimum atomic E-state index is 0.325. The van der Waals surface area contributed by atoms with E-state index in [2.05, 4.69) is 19.9 Å². The molecule has 0 saturated carbocycles. The summed E-state index contributed by atoms with van der Waals surface area (Å²) in [6.07, 6.45) is 1.80. The van der Waals surface area contributed by atoms with Crippen LogP contribution in [0.3, 0.4) is 0 Å². The molecule has 0 unspecified atom stereocenters. The summed E-state index contributed by atoms with van der Waals surface area (Å²) in [7, 11) is 0. The number of benzene rings is 1. The van der Waals surface area contributed by atoms with E-state index in [-0.39, 0.29) is 0 Å². The molecule has 1 aromatic rings. The van der Waals surface area contributed by atoms with E-state index in [0.29, 0.717) is 17.6 Å². The van der Waals surface area contributed by atoms with Crippen LogP contribution in [0.5, 0.6) is 0 Å². The highest BCUT2D eigenvalue weighted by Gasteiger charge is 2.26. The molecule has 0 saturated heterocycles. The Morgan fingerprint density at radius 1 is 1.21 bits per heavy atom. The lowest BCUT2D eigenvalue weighted by Gasteiger charge is -2.26. The molecule has 0 fully saturated rings. The van der Waals surface area contributed by atoms with Crippen molar-refractivity contribution >= 4 is 5.78 Å². The van der Waals surface area contributed by atoms with E-state index in [0.717, 1.165) is 18.4 Å². The molecule has 0 amide bonds. The number of fused-ring (bicyclic) bond motifs is 1. The van der Waals surface area contributed by atoms with Gasteiger partial charge in [-0.05, 0) is 23.8 Å². The molecule has 1 nitrogen and oxygen atoms in total. The number of ketones is 1. The van der Waals surface area contributed by atoms with Crippen LogP contribution in [0.4, 0.5) is 0 Å². The minimum Gasteiger partial charge on any atom is -0.294 e. The maximum atomic E-state index is 11.8. The van der Waals surface area contributed by atoms with Crippen molar-refractivity contribution in [3.8, 4) is 0 Å². The Bertz CT molecular complexity index is 352. The van der Waals surface area contributed by atoms with Crippen LogP contribution in [0, 0.1) is 11.8 Å². The van der Waals surface area contributed by atoms with Gasteiger partial charge in [0.05, 0.1) is 0 Å². The first-order valence-electron chi connectivity index (χ1n) is 5.29. The molecule has 0 aliphatic heterocycles. The number of rotatable bonds is 1. The Balaban J connectivity index is 2.33. The highest BCUT2D eigenvalue weighted by Crippen LogP contribution is 2.29. The Morgan fingerprint density at radius 3 is 2.64 bits per heavy atom. The molecule has 1 aromatic carbocycles. The third-order valence-corrected chi connectivity index (χ3v) is 3.19. The van der Waals surface area contributed by atoms with Gasteiger partial charge >= 0.3 is 0 Å². The van der Waals surface area contributed by atoms with Gasteiger partial charge in [0, 0.05) is 12.0 Å². The van der Waals surface area contributed by atoms with Crippen molar-refractivity contribution in [1.82, 2.24) is 0 Å². The normalized spacial score (nSPS) is 21.1. The lowest BCUT2D eigenvalue weighted by molar-refractivity contribution is 0.0933. The topological polar surface area (TPSA) is 17.1 Å². The summed E-state index contributed by atoms with van der Waals surface area (Å²) in [6.45, 7) is 4.40. The molecule has 2 rings (SSSR count). The van der Waals surface area contributed by atoms with Gasteiger partial charge in [0.2, 0.25) is 0 Å². The van der Waals surface area contributed by atoms with Crippen molar-refractivity contribution in [2.24, 2.45) is 11.8 Å². The van der Waals surface area contributed by atoms with Crippen LogP contribution in [-0.2, 0) is 6.42 Å². The summed E-state index contributed by atoms with van der Waals surface area (Å²) in [5.74, 6) is 1.47. The van der Waals surface area contributed by atoms with Gasteiger partial charge < -0.3 is 0 Å². The first kappa shape index (κ1) is 9.45. The zero-order valence-electron chi connectivity index (χ0n) is 8.79. The van der Waals surface area contributed by atoms with Crippen molar-refractivity contribution in [3.05, 3.63) is 35.4 Å². The van der Waals surface area contributed by atoms with Crippen molar-refractivity contribution in [2.45, 2.75) is 26.7 Å². The zero-order valence-corrected chi connectivity index (χ0v) is 8.79. The second kappa shape index (κ2) is 3.56. The quantitative estimate of drug-likeness (QED) is 0.662. The number of hydrogen-bond donors (Lipinski definition) is 0. The molecule has 1 aliphatic rings. The fourth-order valence-electron chi connectivity index (χ4n) is 2.14. The predicted molar refractivity (Wildman–Crippen MR) is 57.4 cm³/mol. The van der Waals surface area contributed by atoms with Crippen LogP contribution >= 0.6 is 0 Å². The van der Waals surface area contributed by atoms with E-state index >= 15 is 0 Å². The Hall–Kier alpha value is -1.11. The molecule has 0 aromatic heterocycles. The van der Waals surface area contributed by atoms with E-state index in [4.69, 9.17) is 0 Å². The third kappa shape index (κ3) is 1.59. The van der Waals surface area contributed by atoms with Gasteiger partial charge in [0.25, 0.3) is 0 Å². The maximum absolute atomic E-state index is 11.8. The molecule has 14 heavy (non-hydrogen) atoms. The standard InChI is InChI=1S/C13H16O/c1-9(2)11-7-10-5-3-4-6-12(10)13(14)8-11/h3-6,9,11H,7-8H2,1-2H3/t11-/m1/s1. The monoisotopic (exact) mass is 188 g/mol. The summed E-state index contributed by atoms with van der Waals surface area (Å²) in [5, 5.41) is 0. The van der Waals surface area contributed by atoms with Crippen LogP contribution in [-0.4, -0.2) is 5.78 Å². The van der Waals surface area contributed by atoms with Gasteiger partial charge in [-0.25, -0.2) is 0 Å². The number of carbonyl (C=O) groups excluding carboxylic acids is 1. The summed E-state index contributed by atoms with van der Waals surface area (Å²) >= 11 is 0. The number of Topliss-reactive ketones (excluding diaryl/α,β-unsaturated/α-hetero) is 1. The van der Waals surface area contributed by atoms with E-state index in [1.54, 1.807) is 0 Å². The van der Waals surface area contributed by atoms with Crippen LogP contribution < -0.4 is 0 Å². The lowest BCUT2D eigenvalue weighted by Crippen LogP contribution is -2.23. The molecule has 1 atom stereocenters. The second-order valence-electron chi connectivity index (χ2n) is 4.49. The van der Waals surface area contributed by atoms with E-state index in [9.17, 15) is 4.79 Å². The van der Waals surface area contributed by atoms with Gasteiger partial charge in [-0.3, -0.25) is 4.79 Å². The summed E-state index contributed by atoms with van der Waals surface area (Å²) in [6, 6.07) is 8.01. The van der Waals surface area contributed by atoms with Crippen molar-refractivity contribution < 1.29 is 4.79 Å². The lowest BCUT2D eigenvalue weighted by atomic mass is 9.78. The Labute approximate surface area is 85.1 Å². The van der Waals surface area contributed by atoms with E-state index in [1.165, 1.54) is 5.56 Å². The van der Waals surface area contributed by atoms with Crippen LogP contribution in [0.15, 0.2) is 24.3 Å². The number of hydrogen-bond acceptors (Lipinski definition) is 1. The zero-order chi connectivity index (χ0) is 10.1. The Kier molecular flexibility index (Phi) is 2.40. The molecule has 0 bridgehead atoms. The molecule has 0 radical (unpaired) electrons. The summed E-state index contributed by atoms with van der Waals surface area (Å²) < 4.78 is 0. The highest BCUT2D eigenvalue weighted by atomic mass is 16.1. The van der Waals surface area contributed by atoms with Crippen LogP contribution in [0.2, 0.25) is 0 Å². The van der Waals surface area contributed by atoms with Crippen molar-refractivity contribution in [3.63, 3.8) is 0 Å². The average Bonchev–Trinajstić information content (AvgIpc) is 2.17. The molecule has 0 heterocycles. The molecule has 1 aliphatic carbocycles. The summed E-state index contributed by atoms with van der Waals surface area (Å²) in [5.41, 5.74) is 2.19. The fraction of sp³-hybridized carbons (Fsp3) is 0.462. The average molecular weight is 188 g/mol. The Morgan fingerprint density at radius 2 is 1.93 bits per heavy atom. The third-order valence-electron chi connectivity index (χ3n) is 3.19. The van der Waals surface area contributed by atoms with E-state index < -0.39 is 0 Å². The van der Waals surface area contributed by atoms with Gasteiger partial charge in [0.1, 0.15) is 0 Å². The van der Waals surface area contributed by atoms with Gasteiger partial charge in [-0.2, -0.15) is 0 Å². The van der Waals surface area contributed by atoms with Crippen LogP contribution in [0.1, 0.15) is 36.2 Å².